The second-order valence-electron chi connectivity index (χ2n) is 6.28. The van der Waals surface area contributed by atoms with Crippen molar-refractivity contribution >= 4 is 22.9 Å². The first-order chi connectivity index (χ1) is 14.1. The summed E-state index contributed by atoms with van der Waals surface area (Å²) >= 11 is 0. The van der Waals surface area contributed by atoms with Gasteiger partial charge in [-0.25, -0.2) is 19.3 Å². The lowest BCUT2D eigenvalue weighted by atomic mass is 10.1. The van der Waals surface area contributed by atoms with E-state index in [0.29, 0.717) is 5.56 Å². The number of aromatic nitrogens is 4. The predicted molar refractivity (Wildman–Crippen MR) is 98.5 cm³/mol. The number of ether oxygens (including phenoxy) is 1. The van der Waals surface area contributed by atoms with E-state index in [-0.39, 0.29) is 29.4 Å². The highest BCUT2D eigenvalue weighted by atomic mass is 19.1. The third-order valence-electron chi connectivity index (χ3n) is 4.52. The van der Waals surface area contributed by atoms with Crippen LogP contribution in [0.25, 0.3) is 21.6 Å². The number of nitrogens with one attached hydrogen (secondary N) is 1. The minimum atomic E-state index is -1.79. The van der Waals surface area contributed by atoms with Crippen molar-refractivity contribution in [2.45, 2.75) is 24.6 Å². The molecule has 11 nitrogen and oxygen atoms in total. The molecular weight excluding hydrogens is 383 g/mol. The van der Waals surface area contributed by atoms with Gasteiger partial charge in [0.15, 0.2) is 29.4 Å². The SMILES string of the molecule is [N-]=[N+]=NCC1OC(n2cnc3c(NC(=O)c4ccccc4)ncnc32)C(F)C1O. The molecule has 2 N–H and O–H groups in total. The van der Waals surface area contributed by atoms with Crippen LogP contribution in [0.2, 0.25) is 0 Å². The Kier molecular flexibility index (Phi) is 5.04. The summed E-state index contributed by atoms with van der Waals surface area (Å²) in [6.07, 6.45) is -2.98. The smallest absolute Gasteiger partial charge is 0.256 e. The molecule has 29 heavy (non-hydrogen) atoms. The number of benzene rings is 1. The number of rotatable bonds is 5. The number of alkyl halides is 1. The molecule has 0 bridgehead atoms. The Morgan fingerprint density at radius 2 is 2.14 bits per heavy atom. The molecule has 3 heterocycles. The summed E-state index contributed by atoms with van der Waals surface area (Å²) in [5.74, 6) is -0.229. The van der Waals surface area contributed by atoms with E-state index in [1.165, 1.54) is 17.2 Å². The zero-order valence-corrected chi connectivity index (χ0v) is 14.8. The Morgan fingerprint density at radius 1 is 1.34 bits per heavy atom. The average molecular weight is 398 g/mol. The molecule has 1 aliphatic rings. The van der Waals surface area contributed by atoms with E-state index < -0.39 is 24.6 Å². The Morgan fingerprint density at radius 3 is 2.90 bits per heavy atom. The molecule has 1 aromatic carbocycles. The first-order valence-corrected chi connectivity index (χ1v) is 8.62. The molecule has 2 aromatic heterocycles. The van der Waals surface area contributed by atoms with Crippen molar-refractivity contribution < 1.29 is 19.0 Å². The first kappa shape index (κ1) is 18.7. The van der Waals surface area contributed by atoms with Crippen LogP contribution >= 0.6 is 0 Å². The zero-order chi connectivity index (χ0) is 20.4. The Balaban J connectivity index is 1.62. The molecule has 0 saturated carbocycles. The fraction of sp³-hybridized carbons (Fsp3) is 0.294. The summed E-state index contributed by atoms with van der Waals surface area (Å²) in [6, 6.07) is 8.56. The van der Waals surface area contributed by atoms with Gasteiger partial charge in [0.1, 0.15) is 12.4 Å². The summed E-state index contributed by atoms with van der Waals surface area (Å²) in [5, 5.41) is 16.0. The normalized spacial score (nSPS) is 23.7. The largest absolute Gasteiger partial charge is 0.387 e. The number of amides is 1. The van der Waals surface area contributed by atoms with Crippen molar-refractivity contribution in [3.63, 3.8) is 0 Å². The van der Waals surface area contributed by atoms with Crippen molar-refractivity contribution in [3.8, 4) is 0 Å². The molecule has 4 atom stereocenters. The Hall–Kier alpha value is -3.60. The van der Waals surface area contributed by atoms with Crippen LogP contribution in [-0.4, -0.2) is 55.5 Å². The molecule has 4 unspecified atom stereocenters. The first-order valence-electron chi connectivity index (χ1n) is 8.62. The zero-order valence-electron chi connectivity index (χ0n) is 14.8. The van der Waals surface area contributed by atoms with E-state index in [9.17, 15) is 14.3 Å². The minimum absolute atomic E-state index is 0.155. The maximum absolute atomic E-state index is 14.6. The number of hydrogen-bond acceptors (Lipinski definition) is 7. The number of azide groups is 1. The van der Waals surface area contributed by atoms with Gasteiger partial charge in [0, 0.05) is 10.5 Å². The lowest BCUT2D eigenvalue weighted by molar-refractivity contribution is -0.0179. The molecule has 1 amide bonds. The number of nitrogens with zero attached hydrogens (tertiary/aromatic N) is 7. The third-order valence-corrected chi connectivity index (χ3v) is 4.52. The molecule has 0 aliphatic carbocycles. The van der Waals surface area contributed by atoms with Gasteiger partial charge in [-0.1, -0.05) is 23.3 Å². The van der Waals surface area contributed by atoms with E-state index >= 15 is 0 Å². The second-order valence-corrected chi connectivity index (χ2v) is 6.28. The maximum atomic E-state index is 14.6. The van der Waals surface area contributed by atoms with Crippen LogP contribution in [0.4, 0.5) is 10.2 Å². The minimum Gasteiger partial charge on any atom is -0.387 e. The van der Waals surface area contributed by atoms with Gasteiger partial charge in [-0.2, -0.15) is 0 Å². The van der Waals surface area contributed by atoms with Crippen molar-refractivity contribution in [3.05, 3.63) is 59.0 Å². The van der Waals surface area contributed by atoms with Gasteiger partial charge in [-0.15, -0.1) is 0 Å². The van der Waals surface area contributed by atoms with E-state index in [4.69, 9.17) is 10.3 Å². The van der Waals surface area contributed by atoms with Crippen molar-refractivity contribution in [2.24, 2.45) is 5.11 Å². The standard InChI is InChI=1S/C17H15FN8O3/c18-11-13(27)10(6-23-25-19)29-17(11)26-8-22-12-14(20-7-21-15(12)26)24-16(28)9-4-2-1-3-5-9/h1-5,7-8,10-11,13,17,27H,6H2,(H,20,21,24,28). The van der Waals surface area contributed by atoms with Crippen LogP contribution in [0.1, 0.15) is 16.6 Å². The number of carbonyl (C=O) groups is 1. The van der Waals surface area contributed by atoms with E-state index in [2.05, 4.69) is 30.3 Å². The highest BCUT2D eigenvalue weighted by Gasteiger charge is 2.45. The number of aliphatic hydroxyl groups excluding tert-OH is 1. The van der Waals surface area contributed by atoms with Crippen LogP contribution in [0, 0.1) is 0 Å². The molecule has 0 spiro atoms. The number of carbonyl (C=O) groups excluding carboxylic acids is 1. The van der Waals surface area contributed by atoms with Crippen LogP contribution in [0.3, 0.4) is 0 Å². The molecule has 148 valence electrons. The highest BCUT2D eigenvalue weighted by Crippen LogP contribution is 2.34. The number of halogens is 1. The van der Waals surface area contributed by atoms with Crippen LogP contribution in [0.5, 0.6) is 0 Å². The third kappa shape index (κ3) is 3.47. The van der Waals surface area contributed by atoms with Crippen molar-refractivity contribution in [1.82, 2.24) is 19.5 Å². The summed E-state index contributed by atoms with van der Waals surface area (Å²) in [5.41, 5.74) is 9.30. The fourth-order valence-corrected chi connectivity index (χ4v) is 3.09. The number of hydrogen-bond donors (Lipinski definition) is 2. The number of aliphatic hydroxyl groups is 1. The lowest BCUT2D eigenvalue weighted by Crippen LogP contribution is -2.30. The van der Waals surface area contributed by atoms with Crippen LogP contribution < -0.4 is 5.32 Å². The molecule has 0 radical (unpaired) electrons. The van der Waals surface area contributed by atoms with Crippen molar-refractivity contribution in [2.75, 3.05) is 11.9 Å². The topological polar surface area (TPSA) is 151 Å². The number of imidazole rings is 1. The molecule has 12 heteroatoms. The van der Waals surface area contributed by atoms with Gasteiger partial charge in [0.25, 0.3) is 5.91 Å². The van der Waals surface area contributed by atoms with Gasteiger partial charge in [-0.05, 0) is 17.7 Å². The quantitative estimate of drug-likeness (QED) is 0.381. The van der Waals surface area contributed by atoms with E-state index in [1.807, 2.05) is 0 Å². The lowest BCUT2D eigenvalue weighted by Gasteiger charge is -2.15. The molecular formula is C17H15FN8O3. The average Bonchev–Trinajstić information content (AvgIpc) is 3.29. The van der Waals surface area contributed by atoms with Gasteiger partial charge in [-0.3, -0.25) is 9.36 Å². The van der Waals surface area contributed by atoms with Gasteiger partial charge in [0.2, 0.25) is 0 Å². The Bertz CT molecular complexity index is 1080. The van der Waals surface area contributed by atoms with Crippen LogP contribution in [0.15, 0.2) is 48.1 Å². The summed E-state index contributed by atoms with van der Waals surface area (Å²) < 4.78 is 21.4. The van der Waals surface area contributed by atoms with Gasteiger partial charge < -0.3 is 15.2 Å². The van der Waals surface area contributed by atoms with Crippen LogP contribution in [-0.2, 0) is 4.74 Å². The molecule has 3 aromatic rings. The number of fused-ring (bicyclic) bond motifs is 1. The molecule has 1 aliphatic heterocycles. The van der Waals surface area contributed by atoms with Crippen molar-refractivity contribution in [1.29, 1.82) is 0 Å². The van der Waals surface area contributed by atoms with Gasteiger partial charge >= 0.3 is 0 Å². The predicted octanol–water partition coefficient (Wildman–Crippen LogP) is 1.99. The maximum Gasteiger partial charge on any atom is 0.256 e. The highest BCUT2D eigenvalue weighted by molar-refractivity contribution is 6.06. The molecule has 1 saturated heterocycles. The van der Waals surface area contributed by atoms with E-state index in [0.717, 1.165) is 0 Å². The fourth-order valence-electron chi connectivity index (χ4n) is 3.09. The molecule has 4 rings (SSSR count). The monoisotopic (exact) mass is 398 g/mol. The Labute approximate surface area is 162 Å². The van der Waals surface area contributed by atoms with E-state index in [1.54, 1.807) is 30.3 Å². The summed E-state index contributed by atoms with van der Waals surface area (Å²) in [6.45, 7) is -0.214. The molecule has 1 fully saturated rings. The second kappa shape index (κ2) is 7.80. The number of anilines is 1. The summed E-state index contributed by atoms with van der Waals surface area (Å²) in [7, 11) is 0. The van der Waals surface area contributed by atoms with Gasteiger partial charge in [0.05, 0.1) is 19.0 Å². The summed E-state index contributed by atoms with van der Waals surface area (Å²) in [4.78, 5) is 27.3.